The van der Waals surface area contributed by atoms with E-state index in [1.165, 1.54) is 0 Å². The number of rotatable bonds is 5. The maximum Gasteiger partial charge on any atom is 0.225 e. The van der Waals surface area contributed by atoms with Crippen molar-refractivity contribution in [3.63, 3.8) is 0 Å². The van der Waals surface area contributed by atoms with Crippen molar-refractivity contribution in [1.82, 2.24) is 15.1 Å². The molecular weight excluding hydrogens is 230 g/mol. The Labute approximate surface area is 110 Å². The van der Waals surface area contributed by atoms with Crippen LogP contribution < -0.4 is 5.32 Å². The Kier molecular flexibility index (Phi) is 6.12. The minimum atomic E-state index is 0.0952. The highest BCUT2D eigenvalue weighted by Gasteiger charge is 2.27. The molecule has 0 radical (unpaired) electrons. The average molecular weight is 255 g/mol. The van der Waals surface area contributed by atoms with Crippen LogP contribution in [0.25, 0.3) is 0 Å². The van der Waals surface area contributed by atoms with Crippen LogP contribution in [0.15, 0.2) is 0 Å². The van der Waals surface area contributed by atoms with E-state index in [-0.39, 0.29) is 17.7 Å². The van der Waals surface area contributed by atoms with E-state index in [0.717, 1.165) is 39.0 Å². The molecule has 5 heteroatoms. The first-order valence-corrected chi connectivity index (χ1v) is 6.76. The molecule has 1 N–H and O–H groups in total. The molecule has 18 heavy (non-hydrogen) atoms. The zero-order chi connectivity index (χ0) is 13.5. The Bertz CT molecular complexity index is 284. The smallest absolute Gasteiger partial charge is 0.225 e. The van der Waals surface area contributed by atoms with Gasteiger partial charge in [-0.3, -0.25) is 9.59 Å². The Morgan fingerprint density at radius 3 is 2.39 bits per heavy atom. The standard InChI is InChI=1S/C13H25N3O2/c1-4-14-8-5-12(17)16-9-6-11(7-10-16)13(18)15(2)3/h11,14H,4-10H2,1-3H3. The predicted molar refractivity (Wildman–Crippen MR) is 71.2 cm³/mol. The first-order valence-electron chi connectivity index (χ1n) is 6.76. The number of piperidine rings is 1. The third kappa shape index (κ3) is 4.29. The molecule has 1 rings (SSSR count). The molecule has 0 spiro atoms. The van der Waals surface area contributed by atoms with Gasteiger partial charge in [0.05, 0.1) is 0 Å². The second-order valence-electron chi connectivity index (χ2n) is 4.99. The highest BCUT2D eigenvalue weighted by atomic mass is 16.2. The van der Waals surface area contributed by atoms with Crippen molar-refractivity contribution >= 4 is 11.8 Å². The van der Waals surface area contributed by atoms with E-state index in [4.69, 9.17) is 0 Å². The first kappa shape index (κ1) is 15.0. The Hall–Kier alpha value is -1.10. The van der Waals surface area contributed by atoms with Crippen LogP contribution in [-0.2, 0) is 9.59 Å². The van der Waals surface area contributed by atoms with E-state index in [1.807, 2.05) is 11.8 Å². The van der Waals surface area contributed by atoms with Crippen LogP contribution in [0.2, 0.25) is 0 Å². The monoisotopic (exact) mass is 255 g/mol. The van der Waals surface area contributed by atoms with Gasteiger partial charge >= 0.3 is 0 Å². The molecule has 1 saturated heterocycles. The number of nitrogens with one attached hydrogen (secondary N) is 1. The topological polar surface area (TPSA) is 52.7 Å². The maximum absolute atomic E-state index is 11.9. The normalized spacial score (nSPS) is 16.7. The fraction of sp³-hybridized carbons (Fsp3) is 0.846. The molecular formula is C13H25N3O2. The molecule has 0 bridgehead atoms. The van der Waals surface area contributed by atoms with Crippen LogP contribution in [0.1, 0.15) is 26.2 Å². The van der Waals surface area contributed by atoms with Crippen LogP contribution in [0, 0.1) is 5.92 Å². The van der Waals surface area contributed by atoms with Gasteiger partial charge in [0.15, 0.2) is 0 Å². The highest BCUT2D eigenvalue weighted by Crippen LogP contribution is 2.19. The summed E-state index contributed by atoms with van der Waals surface area (Å²) in [7, 11) is 3.58. The lowest BCUT2D eigenvalue weighted by molar-refractivity contribution is -0.139. The fourth-order valence-electron chi connectivity index (χ4n) is 2.27. The van der Waals surface area contributed by atoms with Crippen LogP contribution in [-0.4, -0.2) is 61.9 Å². The predicted octanol–water partition coefficient (Wildman–Crippen LogP) is 0.313. The molecule has 1 aliphatic rings. The summed E-state index contributed by atoms with van der Waals surface area (Å²) in [6.45, 7) is 5.10. The number of nitrogens with zero attached hydrogens (tertiary/aromatic N) is 2. The number of likely N-dealkylation sites (tertiary alicyclic amines) is 1. The summed E-state index contributed by atoms with van der Waals surface area (Å²) in [5.74, 6) is 0.485. The summed E-state index contributed by atoms with van der Waals surface area (Å²) in [5.41, 5.74) is 0. The van der Waals surface area contributed by atoms with E-state index >= 15 is 0 Å². The Morgan fingerprint density at radius 2 is 1.89 bits per heavy atom. The molecule has 0 aromatic carbocycles. The van der Waals surface area contributed by atoms with E-state index in [1.54, 1.807) is 19.0 Å². The van der Waals surface area contributed by atoms with Crippen molar-refractivity contribution in [2.75, 3.05) is 40.3 Å². The third-order valence-corrected chi connectivity index (χ3v) is 3.40. The third-order valence-electron chi connectivity index (χ3n) is 3.40. The molecule has 1 heterocycles. The van der Waals surface area contributed by atoms with E-state index < -0.39 is 0 Å². The largest absolute Gasteiger partial charge is 0.349 e. The van der Waals surface area contributed by atoms with Gasteiger partial charge in [-0.2, -0.15) is 0 Å². The molecule has 0 saturated carbocycles. The van der Waals surface area contributed by atoms with Crippen LogP contribution in [0.4, 0.5) is 0 Å². The Balaban J connectivity index is 2.30. The minimum absolute atomic E-state index is 0.0952. The second-order valence-corrected chi connectivity index (χ2v) is 4.99. The molecule has 0 aromatic heterocycles. The zero-order valence-electron chi connectivity index (χ0n) is 11.7. The number of carbonyl (C=O) groups excluding carboxylic acids is 2. The van der Waals surface area contributed by atoms with Gasteiger partial charge in [-0.25, -0.2) is 0 Å². The number of hydrogen-bond acceptors (Lipinski definition) is 3. The summed E-state index contributed by atoms with van der Waals surface area (Å²) in [5, 5.41) is 3.15. The van der Waals surface area contributed by atoms with Crippen molar-refractivity contribution in [1.29, 1.82) is 0 Å². The van der Waals surface area contributed by atoms with Crippen LogP contribution in [0.3, 0.4) is 0 Å². The van der Waals surface area contributed by atoms with Crippen LogP contribution >= 0.6 is 0 Å². The maximum atomic E-state index is 11.9. The second kappa shape index (κ2) is 7.36. The van der Waals surface area contributed by atoms with Crippen molar-refractivity contribution < 1.29 is 9.59 Å². The van der Waals surface area contributed by atoms with Crippen molar-refractivity contribution in [2.45, 2.75) is 26.2 Å². The molecule has 0 atom stereocenters. The fourth-order valence-corrected chi connectivity index (χ4v) is 2.27. The summed E-state index contributed by atoms with van der Waals surface area (Å²) in [6.07, 6.45) is 2.15. The molecule has 1 fully saturated rings. The lowest BCUT2D eigenvalue weighted by Gasteiger charge is -2.32. The van der Waals surface area contributed by atoms with Gasteiger partial charge in [-0.15, -0.1) is 0 Å². The first-order chi connectivity index (χ1) is 8.56. The number of hydrogen-bond donors (Lipinski definition) is 1. The highest BCUT2D eigenvalue weighted by molar-refractivity contribution is 5.79. The summed E-state index contributed by atoms with van der Waals surface area (Å²) >= 11 is 0. The molecule has 2 amide bonds. The average Bonchev–Trinajstić information content (AvgIpc) is 2.38. The van der Waals surface area contributed by atoms with Crippen molar-refractivity contribution in [2.24, 2.45) is 5.92 Å². The van der Waals surface area contributed by atoms with Crippen molar-refractivity contribution in [3.05, 3.63) is 0 Å². The van der Waals surface area contributed by atoms with Gasteiger partial charge in [-0.05, 0) is 19.4 Å². The molecule has 5 nitrogen and oxygen atoms in total. The van der Waals surface area contributed by atoms with E-state index in [2.05, 4.69) is 5.32 Å². The molecule has 0 unspecified atom stereocenters. The van der Waals surface area contributed by atoms with Gasteiger partial charge in [0.1, 0.15) is 0 Å². The van der Waals surface area contributed by atoms with Gasteiger partial charge in [0.25, 0.3) is 0 Å². The molecule has 104 valence electrons. The van der Waals surface area contributed by atoms with Gasteiger partial charge in [-0.1, -0.05) is 6.92 Å². The van der Waals surface area contributed by atoms with E-state index in [9.17, 15) is 9.59 Å². The summed E-state index contributed by atoms with van der Waals surface area (Å²) in [6, 6.07) is 0. The zero-order valence-corrected chi connectivity index (χ0v) is 11.7. The minimum Gasteiger partial charge on any atom is -0.349 e. The Morgan fingerprint density at radius 1 is 1.28 bits per heavy atom. The SMILES string of the molecule is CCNCCC(=O)N1CCC(C(=O)N(C)C)CC1. The van der Waals surface area contributed by atoms with E-state index in [0.29, 0.717) is 6.42 Å². The lowest BCUT2D eigenvalue weighted by Crippen LogP contribution is -2.43. The van der Waals surface area contributed by atoms with Crippen molar-refractivity contribution in [3.8, 4) is 0 Å². The molecule has 1 aliphatic heterocycles. The quantitative estimate of drug-likeness (QED) is 0.720. The number of amides is 2. The number of carbonyl (C=O) groups is 2. The van der Waals surface area contributed by atoms with Gasteiger partial charge in [0.2, 0.25) is 11.8 Å². The molecule has 0 aliphatic carbocycles. The van der Waals surface area contributed by atoms with Crippen LogP contribution in [0.5, 0.6) is 0 Å². The lowest BCUT2D eigenvalue weighted by atomic mass is 9.95. The van der Waals surface area contributed by atoms with Gasteiger partial charge < -0.3 is 15.1 Å². The van der Waals surface area contributed by atoms with Gasteiger partial charge in [0, 0.05) is 46.1 Å². The summed E-state index contributed by atoms with van der Waals surface area (Å²) < 4.78 is 0. The summed E-state index contributed by atoms with van der Waals surface area (Å²) in [4.78, 5) is 27.2. The molecule has 0 aromatic rings.